The van der Waals surface area contributed by atoms with E-state index in [-0.39, 0.29) is 16.0 Å². The van der Waals surface area contributed by atoms with Crippen molar-refractivity contribution in [3.05, 3.63) is 48.5 Å². The van der Waals surface area contributed by atoms with Crippen LogP contribution in [-0.4, -0.2) is 23.4 Å². The maximum absolute atomic E-state index is 13.5. The summed E-state index contributed by atoms with van der Waals surface area (Å²) in [7, 11) is 0. The fourth-order valence-corrected chi connectivity index (χ4v) is 3.76. The Kier molecular flexibility index (Phi) is 6.17. The third kappa shape index (κ3) is 5.29. The van der Waals surface area contributed by atoms with Crippen LogP contribution >= 0.6 is 23.5 Å². The van der Waals surface area contributed by atoms with Crippen molar-refractivity contribution >= 4 is 23.5 Å². The maximum atomic E-state index is 13.5. The molecule has 0 amide bonds. The monoisotopic (exact) mass is 418 g/mol. The van der Waals surface area contributed by atoms with Crippen molar-refractivity contribution in [3.8, 4) is 11.1 Å². The lowest BCUT2D eigenvalue weighted by Gasteiger charge is -2.21. The number of halogens is 8. The summed E-state index contributed by atoms with van der Waals surface area (Å²) >= 11 is -0.399. The molecule has 0 atom stereocenters. The van der Waals surface area contributed by atoms with Gasteiger partial charge in [-0.1, -0.05) is 36.4 Å². The Balaban J connectivity index is 2.51. The molecule has 0 nitrogen and oxygen atoms in total. The lowest BCUT2D eigenvalue weighted by atomic mass is 10.1. The molecule has 0 bridgehead atoms. The van der Waals surface area contributed by atoms with Gasteiger partial charge in [0.25, 0.3) is 0 Å². The van der Waals surface area contributed by atoms with E-state index in [1.165, 1.54) is 30.3 Å². The number of rotatable bonds is 5. The zero-order chi connectivity index (χ0) is 19.6. The number of alkyl halides is 8. The van der Waals surface area contributed by atoms with Crippen LogP contribution in [0.15, 0.2) is 58.3 Å². The van der Waals surface area contributed by atoms with Crippen LogP contribution in [0.3, 0.4) is 0 Å². The highest BCUT2D eigenvalue weighted by Crippen LogP contribution is 2.51. The largest absolute Gasteiger partial charge is 0.464 e. The third-order valence-corrected chi connectivity index (χ3v) is 5.18. The Morgan fingerprint density at radius 2 is 1.27 bits per heavy atom. The van der Waals surface area contributed by atoms with Crippen LogP contribution < -0.4 is 0 Å². The molecule has 2 rings (SSSR count). The van der Waals surface area contributed by atoms with Crippen LogP contribution in [0.2, 0.25) is 0 Å². The summed E-state index contributed by atoms with van der Waals surface area (Å²) in [4.78, 5) is -0.484. The molecule has 2 aromatic rings. The molecule has 142 valence electrons. The quantitative estimate of drug-likeness (QED) is 0.370. The van der Waals surface area contributed by atoms with Crippen LogP contribution in [0.25, 0.3) is 11.1 Å². The Hall–Kier alpha value is -1.42. The summed E-state index contributed by atoms with van der Waals surface area (Å²) in [5, 5.41) is -5.08. The van der Waals surface area contributed by atoms with Crippen molar-refractivity contribution in [2.24, 2.45) is 0 Å². The molecular formula is C16H10F8S2. The van der Waals surface area contributed by atoms with Crippen LogP contribution in [-0.2, 0) is 0 Å². The van der Waals surface area contributed by atoms with Gasteiger partial charge in [-0.2, -0.15) is 35.1 Å². The van der Waals surface area contributed by atoms with Gasteiger partial charge in [0.15, 0.2) is 0 Å². The van der Waals surface area contributed by atoms with Gasteiger partial charge in [0.2, 0.25) is 0 Å². The second-order valence-corrected chi connectivity index (χ2v) is 7.19. The minimum absolute atomic E-state index is 0.0310. The molecule has 10 heteroatoms. The zero-order valence-corrected chi connectivity index (χ0v) is 14.3. The van der Waals surface area contributed by atoms with E-state index in [9.17, 15) is 35.1 Å². The minimum atomic E-state index is -5.79. The van der Waals surface area contributed by atoms with Gasteiger partial charge in [-0.05, 0) is 29.5 Å². The van der Waals surface area contributed by atoms with Crippen molar-refractivity contribution < 1.29 is 35.1 Å². The Morgan fingerprint density at radius 3 is 1.81 bits per heavy atom. The molecule has 0 aliphatic carbocycles. The average Bonchev–Trinajstić information content (AvgIpc) is 2.51. The molecule has 0 saturated heterocycles. The third-order valence-electron chi connectivity index (χ3n) is 3.01. The summed E-state index contributed by atoms with van der Waals surface area (Å²) in [5.74, 6) is -1.30. The molecule has 0 radical (unpaired) electrons. The Morgan fingerprint density at radius 1 is 0.692 bits per heavy atom. The Labute approximate surface area is 152 Å². The molecule has 0 aromatic heterocycles. The second-order valence-electron chi connectivity index (χ2n) is 5.02. The average molecular weight is 418 g/mol. The molecule has 2 aromatic carbocycles. The van der Waals surface area contributed by atoms with Gasteiger partial charge in [0.05, 0.1) is 5.75 Å². The number of hydrogen-bond donors (Lipinski definition) is 0. The van der Waals surface area contributed by atoms with Gasteiger partial charge in [-0.3, -0.25) is 0 Å². The van der Waals surface area contributed by atoms with Crippen molar-refractivity contribution in [1.29, 1.82) is 0 Å². The molecule has 0 saturated carbocycles. The molecule has 0 aliphatic heterocycles. The van der Waals surface area contributed by atoms with Crippen LogP contribution in [0.4, 0.5) is 35.1 Å². The van der Waals surface area contributed by atoms with E-state index in [1.807, 2.05) is 0 Å². The lowest BCUT2D eigenvalue weighted by molar-refractivity contribution is -0.237. The molecule has 26 heavy (non-hydrogen) atoms. The van der Waals surface area contributed by atoms with Gasteiger partial charge in [-0.25, -0.2) is 0 Å². The molecule has 0 spiro atoms. The summed E-state index contributed by atoms with van der Waals surface area (Å²) < 4.78 is 102. The van der Waals surface area contributed by atoms with Crippen molar-refractivity contribution in [2.45, 2.75) is 27.4 Å². The SMILES string of the molecule is FC(F)(F)CSc1cccc(SC(F)(F)C(F)(F)F)c1-c1ccccc1. The highest BCUT2D eigenvalue weighted by atomic mass is 32.2. The summed E-state index contributed by atoms with van der Waals surface area (Å²) in [5.41, 5.74) is 0.162. The highest BCUT2D eigenvalue weighted by Gasteiger charge is 2.58. The molecule has 0 unspecified atom stereocenters. The maximum Gasteiger partial charge on any atom is 0.464 e. The fourth-order valence-electron chi connectivity index (χ4n) is 1.96. The van der Waals surface area contributed by atoms with E-state index in [4.69, 9.17) is 0 Å². The first-order valence-electron chi connectivity index (χ1n) is 6.92. The molecule has 0 N–H and O–H groups in total. The summed E-state index contributed by atoms with van der Waals surface area (Å²) in [6.07, 6.45) is -10.3. The van der Waals surface area contributed by atoms with Crippen molar-refractivity contribution in [3.63, 3.8) is 0 Å². The van der Waals surface area contributed by atoms with E-state index in [2.05, 4.69) is 0 Å². The summed E-state index contributed by atoms with van der Waals surface area (Å²) in [6.45, 7) is 0. The standard InChI is InChI=1S/C16H10F8S2/c17-14(18,19)9-25-11-7-4-8-12(26-16(23,24)15(20,21)22)13(11)10-5-2-1-3-6-10/h1-8H,9H2. The molecule has 0 fully saturated rings. The van der Waals surface area contributed by atoms with Crippen molar-refractivity contribution in [2.75, 3.05) is 5.75 Å². The first kappa shape index (κ1) is 20.9. The smallest absolute Gasteiger partial charge is 0.183 e. The highest BCUT2D eigenvalue weighted by molar-refractivity contribution is 8.01. The number of hydrogen-bond acceptors (Lipinski definition) is 2. The molecular weight excluding hydrogens is 408 g/mol. The topological polar surface area (TPSA) is 0 Å². The zero-order valence-electron chi connectivity index (χ0n) is 12.7. The fraction of sp³-hybridized carbons (Fsp3) is 0.250. The van der Waals surface area contributed by atoms with Crippen LogP contribution in [0.5, 0.6) is 0 Å². The summed E-state index contributed by atoms with van der Waals surface area (Å²) in [6, 6.07) is 10.9. The molecule has 0 heterocycles. The number of thioether (sulfide) groups is 2. The first-order valence-corrected chi connectivity index (χ1v) is 8.72. The normalized spacial score (nSPS) is 13.1. The predicted octanol–water partition coefficient (Wildman–Crippen LogP) is 7.26. The van der Waals surface area contributed by atoms with E-state index in [0.29, 0.717) is 11.8 Å². The van der Waals surface area contributed by atoms with Crippen LogP contribution in [0, 0.1) is 0 Å². The van der Waals surface area contributed by atoms with Gasteiger partial charge >= 0.3 is 17.6 Å². The lowest BCUT2D eigenvalue weighted by Crippen LogP contribution is -2.32. The second kappa shape index (κ2) is 7.67. The van der Waals surface area contributed by atoms with Crippen LogP contribution in [0.1, 0.15) is 0 Å². The van der Waals surface area contributed by atoms with Crippen molar-refractivity contribution in [1.82, 2.24) is 0 Å². The number of benzene rings is 2. The molecule has 0 aliphatic rings. The van der Waals surface area contributed by atoms with Gasteiger partial charge in [0.1, 0.15) is 0 Å². The van der Waals surface area contributed by atoms with E-state index in [1.54, 1.807) is 6.07 Å². The first-order chi connectivity index (χ1) is 11.9. The van der Waals surface area contributed by atoms with E-state index in [0.717, 1.165) is 12.1 Å². The van der Waals surface area contributed by atoms with E-state index >= 15 is 0 Å². The predicted molar refractivity (Wildman–Crippen MR) is 85.5 cm³/mol. The minimum Gasteiger partial charge on any atom is -0.183 e. The van der Waals surface area contributed by atoms with E-state index < -0.39 is 40.0 Å². The van der Waals surface area contributed by atoms with Gasteiger partial charge < -0.3 is 0 Å². The van der Waals surface area contributed by atoms with Gasteiger partial charge in [-0.15, -0.1) is 11.8 Å². The van der Waals surface area contributed by atoms with Gasteiger partial charge in [0, 0.05) is 15.4 Å². The Bertz CT molecular complexity index is 738.